The van der Waals surface area contributed by atoms with E-state index in [1.54, 1.807) is 0 Å². The van der Waals surface area contributed by atoms with Gasteiger partial charge in [-0.1, -0.05) is 52.4 Å². The second-order valence-corrected chi connectivity index (χ2v) is 6.82. The van der Waals surface area contributed by atoms with Crippen LogP contribution in [-0.4, -0.2) is 34.5 Å². The summed E-state index contributed by atoms with van der Waals surface area (Å²) in [5.41, 5.74) is -0.443. The van der Waals surface area contributed by atoms with Crippen molar-refractivity contribution in [2.45, 2.75) is 77.7 Å². The van der Waals surface area contributed by atoms with E-state index >= 15 is 0 Å². The van der Waals surface area contributed by atoms with Gasteiger partial charge in [-0.2, -0.15) is 0 Å². The van der Waals surface area contributed by atoms with Gasteiger partial charge in [-0.15, -0.1) is 0 Å². The van der Waals surface area contributed by atoms with Crippen molar-refractivity contribution in [2.24, 2.45) is 11.3 Å². The summed E-state index contributed by atoms with van der Waals surface area (Å²) < 4.78 is 0. The molecule has 1 saturated carbocycles. The van der Waals surface area contributed by atoms with Gasteiger partial charge in [0.25, 0.3) is 0 Å². The molecule has 2 rings (SSSR count). The first kappa shape index (κ1) is 16.5. The predicted octanol–water partition coefficient (Wildman–Crippen LogP) is 2.88. The van der Waals surface area contributed by atoms with Gasteiger partial charge in [0.2, 0.25) is 11.8 Å². The number of carbonyl (C=O) groups is 2. The minimum Gasteiger partial charge on any atom is -0.391 e. The highest BCUT2D eigenvalue weighted by Gasteiger charge is 2.51. The Kier molecular flexibility index (Phi) is 5.42. The maximum Gasteiger partial charge on any atom is 0.235 e. The summed E-state index contributed by atoms with van der Waals surface area (Å²) in [6.07, 6.45) is 7.63. The van der Waals surface area contributed by atoms with E-state index in [1.165, 1.54) is 17.7 Å². The summed E-state index contributed by atoms with van der Waals surface area (Å²) in [5.74, 6) is 0.0718. The minimum atomic E-state index is -0.589. The van der Waals surface area contributed by atoms with Crippen LogP contribution in [0.4, 0.5) is 0 Å². The van der Waals surface area contributed by atoms with Crippen LogP contribution in [0, 0.1) is 11.3 Å². The van der Waals surface area contributed by atoms with Crippen LogP contribution in [0.2, 0.25) is 0 Å². The first-order valence-electron chi connectivity index (χ1n) is 8.57. The number of carbonyl (C=O) groups excluding carboxylic acids is 2. The Hall–Kier alpha value is -0.900. The summed E-state index contributed by atoms with van der Waals surface area (Å²) in [7, 11) is 0. The van der Waals surface area contributed by atoms with Crippen molar-refractivity contribution >= 4 is 11.8 Å². The van der Waals surface area contributed by atoms with Crippen LogP contribution < -0.4 is 0 Å². The maximum atomic E-state index is 12.8. The predicted molar refractivity (Wildman–Crippen MR) is 81.6 cm³/mol. The zero-order valence-electron chi connectivity index (χ0n) is 13.4. The monoisotopic (exact) mass is 295 g/mol. The first-order valence-corrected chi connectivity index (χ1v) is 8.57. The molecule has 0 aromatic carbocycles. The average molecular weight is 295 g/mol. The largest absolute Gasteiger partial charge is 0.391 e. The van der Waals surface area contributed by atoms with Crippen LogP contribution in [0.25, 0.3) is 0 Å². The standard InChI is InChI=1S/C17H29NO3/c1-3-13(4-2)14(19)12-18-15(20)11-17(16(18)21)9-7-5-6-8-10-17/h13-14,19H,3-12H2,1-2H3. The Bertz CT molecular complexity index is 381. The van der Waals surface area contributed by atoms with Crippen LogP contribution >= 0.6 is 0 Å². The number of amides is 2. The number of aliphatic hydroxyl groups is 1. The van der Waals surface area contributed by atoms with Gasteiger partial charge < -0.3 is 5.11 Å². The number of likely N-dealkylation sites (tertiary alicyclic amines) is 1. The van der Waals surface area contributed by atoms with Crippen molar-refractivity contribution in [3.05, 3.63) is 0 Å². The molecular formula is C17H29NO3. The number of imide groups is 1. The van der Waals surface area contributed by atoms with Crippen molar-refractivity contribution in [3.8, 4) is 0 Å². The van der Waals surface area contributed by atoms with Crippen molar-refractivity contribution in [2.75, 3.05) is 6.54 Å². The van der Waals surface area contributed by atoms with Gasteiger partial charge in [-0.3, -0.25) is 14.5 Å². The zero-order chi connectivity index (χ0) is 15.5. The lowest BCUT2D eigenvalue weighted by atomic mass is 9.79. The Morgan fingerprint density at radius 3 is 2.19 bits per heavy atom. The lowest BCUT2D eigenvalue weighted by molar-refractivity contribution is -0.144. The molecule has 1 atom stereocenters. The van der Waals surface area contributed by atoms with Crippen LogP contribution in [0.1, 0.15) is 71.6 Å². The summed E-state index contributed by atoms with van der Waals surface area (Å²) in [6.45, 7) is 4.27. The molecule has 21 heavy (non-hydrogen) atoms. The second-order valence-electron chi connectivity index (χ2n) is 6.82. The number of nitrogens with zero attached hydrogens (tertiary/aromatic N) is 1. The molecule has 1 aliphatic heterocycles. The molecule has 4 heteroatoms. The lowest BCUT2D eigenvalue weighted by Gasteiger charge is -2.28. The van der Waals surface area contributed by atoms with Gasteiger partial charge in [-0.05, 0) is 18.8 Å². The number of β-amino-alcohol motifs (C(OH)–C–C–N with tert-alkyl or cyclic N) is 1. The third-order valence-electron chi connectivity index (χ3n) is 5.51. The maximum absolute atomic E-state index is 12.8. The van der Waals surface area contributed by atoms with Gasteiger partial charge >= 0.3 is 0 Å². The van der Waals surface area contributed by atoms with E-state index < -0.39 is 11.5 Å². The summed E-state index contributed by atoms with van der Waals surface area (Å²) in [6, 6.07) is 0. The molecule has 0 radical (unpaired) electrons. The Morgan fingerprint density at radius 2 is 1.67 bits per heavy atom. The molecule has 1 aliphatic carbocycles. The van der Waals surface area contributed by atoms with E-state index in [-0.39, 0.29) is 24.3 Å². The molecule has 2 amide bonds. The van der Waals surface area contributed by atoms with E-state index in [0.29, 0.717) is 6.42 Å². The topological polar surface area (TPSA) is 57.6 Å². The minimum absolute atomic E-state index is 0.0144. The summed E-state index contributed by atoms with van der Waals surface area (Å²) in [4.78, 5) is 26.4. The Balaban J connectivity index is 2.07. The molecule has 2 fully saturated rings. The highest BCUT2D eigenvalue weighted by atomic mass is 16.3. The third kappa shape index (κ3) is 3.31. The van der Waals surface area contributed by atoms with Crippen molar-refractivity contribution in [1.82, 2.24) is 4.90 Å². The van der Waals surface area contributed by atoms with Gasteiger partial charge in [0.1, 0.15) is 0 Å². The molecule has 2 aliphatic rings. The van der Waals surface area contributed by atoms with E-state index in [4.69, 9.17) is 0 Å². The number of rotatable bonds is 5. The fourth-order valence-corrected chi connectivity index (χ4v) is 4.01. The fraction of sp³-hybridized carbons (Fsp3) is 0.882. The van der Waals surface area contributed by atoms with E-state index in [9.17, 15) is 14.7 Å². The molecular weight excluding hydrogens is 266 g/mol. The molecule has 120 valence electrons. The molecule has 0 aromatic heterocycles. The number of hydrogen-bond acceptors (Lipinski definition) is 3. The fourth-order valence-electron chi connectivity index (χ4n) is 4.01. The molecule has 4 nitrogen and oxygen atoms in total. The highest BCUT2D eigenvalue weighted by molar-refractivity contribution is 6.05. The third-order valence-corrected chi connectivity index (χ3v) is 5.51. The molecule has 1 saturated heterocycles. The summed E-state index contributed by atoms with van der Waals surface area (Å²) in [5, 5.41) is 10.3. The molecule has 0 bridgehead atoms. The quantitative estimate of drug-likeness (QED) is 0.793. The van der Waals surface area contributed by atoms with Crippen LogP contribution in [0.15, 0.2) is 0 Å². The average Bonchev–Trinajstić information content (AvgIpc) is 2.65. The van der Waals surface area contributed by atoms with Crippen LogP contribution in [0.5, 0.6) is 0 Å². The van der Waals surface area contributed by atoms with Crippen molar-refractivity contribution in [1.29, 1.82) is 0 Å². The molecule has 1 N–H and O–H groups in total. The lowest BCUT2D eigenvalue weighted by Crippen LogP contribution is -2.42. The van der Waals surface area contributed by atoms with Crippen LogP contribution in [-0.2, 0) is 9.59 Å². The van der Waals surface area contributed by atoms with Gasteiger partial charge in [0.15, 0.2) is 0 Å². The molecule has 1 unspecified atom stereocenters. The van der Waals surface area contributed by atoms with Gasteiger partial charge in [0.05, 0.1) is 18.1 Å². The normalized spacial score (nSPS) is 23.9. The second kappa shape index (κ2) is 6.91. The SMILES string of the molecule is CCC(CC)C(O)CN1C(=O)CC2(CCCCCC2)C1=O. The molecule has 1 heterocycles. The van der Waals surface area contributed by atoms with E-state index in [1.807, 2.05) is 13.8 Å². The zero-order valence-corrected chi connectivity index (χ0v) is 13.4. The first-order chi connectivity index (χ1) is 10.0. The van der Waals surface area contributed by atoms with E-state index in [0.717, 1.165) is 38.5 Å². The molecule has 0 aromatic rings. The Labute approximate surface area is 127 Å². The number of aliphatic hydroxyl groups excluding tert-OH is 1. The van der Waals surface area contributed by atoms with Gasteiger partial charge in [-0.25, -0.2) is 0 Å². The van der Waals surface area contributed by atoms with Gasteiger partial charge in [0, 0.05) is 6.42 Å². The summed E-state index contributed by atoms with van der Waals surface area (Å²) >= 11 is 0. The molecule has 1 spiro atoms. The smallest absolute Gasteiger partial charge is 0.235 e. The highest BCUT2D eigenvalue weighted by Crippen LogP contribution is 2.44. The Morgan fingerprint density at radius 1 is 1.10 bits per heavy atom. The van der Waals surface area contributed by atoms with Crippen LogP contribution in [0.3, 0.4) is 0 Å². The van der Waals surface area contributed by atoms with E-state index in [2.05, 4.69) is 0 Å². The van der Waals surface area contributed by atoms with Crippen molar-refractivity contribution in [3.63, 3.8) is 0 Å². The number of hydrogen-bond donors (Lipinski definition) is 1. The van der Waals surface area contributed by atoms with Crippen molar-refractivity contribution < 1.29 is 14.7 Å².